The molecule has 0 aliphatic heterocycles. The van der Waals surface area contributed by atoms with Crippen LogP contribution in [-0.4, -0.2) is 23.0 Å². The van der Waals surface area contributed by atoms with Crippen LogP contribution in [0.4, 0.5) is 5.69 Å². The van der Waals surface area contributed by atoms with Crippen LogP contribution in [0.5, 0.6) is 5.75 Å². The van der Waals surface area contributed by atoms with Crippen LogP contribution in [0.25, 0.3) is 0 Å². The number of nitrogens with zero attached hydrogens (tertiary/aromatic N) is 1. The number of amides is 1. The Morgan fingerprint density at radius 1 is 1.25 bits per heavy atom. The van der Waals surface area contributed by atoms with Gasteiger partial charge in [-0.2, -0.15) is 0 Å². The Bertz CT molecular complexity index is 638. The second-order valence-electron chi connectivity index (χ2n) is 4.91. The lowest BCUT2D eigenvalue weighted by Gasteiger charge is -2.18. The molecule has 1 amide bonds. The molecule has 0 spiro atoms. The van der Waals surface area contributed by atoms with E-state index < -0.39 is 0 Å². The standard InChI is InChI=1S/C16H18N2O2/c1-11-8-13(6-7-15(11)19)16(20)18(2)10-12-4-3-5-14(17)9-12/h3-9,19H,10,17H2,1-2H3. The molecule has 2 rings (SSSR count). The molecule has 0 saturated carbocycles. The zero-order valence-electron chi connectivity index (χ0n) is 11.6. The van der Waals surface area contributed by atoms with Crippen molar-refractivity contribution in [1.29, 1.82) is 0 Å². The molecule has 0 atom stereocenters. The molecular formula is C16H18N2O2. The van der Waals surface area contributed by atoms with Crippen molar-refractivity contribution >= 4 is 11.6 Å². The first-order chi connectivity index (χ1) is 9.47. The van der Waals surface area contributed by atoms with Gasteiger partial charge in [0, 0.05) is 24.8 Å². The Morgan fingerprint density at radius 3 is 2.65 bits per heavy atom. The van der Waals surface area contributed by atoms with Gasteiger partial charge in [-0.05, 0) is 48.4 Å². The molecule has 0 bridgehead atoms. The summed E-state index contributed by atoms with van der Waals surface area (Å²) in [6.07, 6.45) is 0. The average molecular weight is 270 g/mol. The number of anilines is 1. The molecule has 0 aliphatic rings. The van der Waals surface area contributed by atoms with E-state index >= 15 is 0 Å². The zero-order valence-corrected chi connectivity index (χ0v) is 11.6. The van der Waals surface area contributed by atoms with E-state index in [9.17, 15) is 9.90 Å². The summed E-state index contributed by atoms with van der Waals surface area (Å²) >= 11 is 0. The predicted octanol–water partition coefficient (Wildman–Crippen LogP) is 2.56. The minimum absolute atomic E-state index is 0.0875. The van der Waals surface area contributed by atoms with Crippen LogP contribution in [0.3, 0.4) is 0 Å². The Hall–Kier alpha value is -2.49. The van der Waals surface area contributed by atoms with E-state index in [1.165, 1.54) is 6.07 Å². The minimum atomic E-state index is -0.0875. The number of hydrogen-bond donors (Lipinski definition) is 2. The van der Waals surface area contributed by atoms with Crippen molar-refractivity contribution < 1.29 is 9.90 Å². The van der Waals surface area contributed by atoms with Crippen LogP contribution in [0.2, 0.25) is 0 Å². The van der Waals surface area contributed by atoms with Gasteiger partial charge in [0.15, 0.2) is 0 Å². The predicted molar refractivity (Wildman–Crippen MR) is 79.5 cm³/mol. The highest BCUT2D eigenvalue weighted by molar-refractivity contribution is 5.94. The molecule has 4 heteroatoms. The van der Waals surface area contributed by atoms with Gasteiger partial charge in [-0.1, -0.05) is 12.1 Å². The Labute approximate surface area is 118 Å². The van der Waals surface area contributed by atoms with Crippen molar-refractivity contribution in [3.05, 3.63) is 59.2 Å². The molecule has 20 heavy (non-hydrogen) atoms. The highest BCUT2D eigenvalue weighted by Crippen LogP contribution is 2.18. The summed E-state index contributed by atoms with van der Waals surface area (Å²) in [6.45, 7) is 2.26. The average Bonchev–Trinajstić information content (AvgIpc) is 2.41. The van der Waals surface area contributed by atoms with Crippen LogP contribution in [0.15, 0.2) is 42.5 Å². The number of carbonyl (C=O) groups excluding carboxylic acids is 1. The third kappa shape index (κ3) is 3.09. The van der Waals surface area contributed by atoms with Crippen molar-refractivity contribution in [1.82, 2.24) is 4.90 Å². The van der Waals surface area contributed by atoms with Crippen LogP contribution >= 0.6 is 0 Å². The van der Waals surface area contributed by atoms with E-state index in [0.717, 1.165) is 5.56 Å². The molecule has 104 valence electrons. The Kier molecular flexibility index (Phi) is 3.94. The van der Waals surface area contributed by atoms with Gasteiger partial charge in [0.2, 0.25) is 0 Å². The van der Waals surface area contributed by atoms with Crippen molar-refractivity contribution in [2.45, 2.75) is 13.5 Å². The quantitative estimate of drug-likeness (QED) is 0.842. The summed E-state index contributed by atoms with van der Waals surface area (Å²) < 4.78 is 0. The molecule has 0 aliphatic carbocycles. The van der Waals surface area contributed by atoms with Gasteiger partial charge in [-0.25, -0.2) is 0 Å². The number of nitrogens with two attached hydrogens (primary N) is 1. The number of aromatic hydroxyl groups is 1. The summed E-state index contributed by atoms with van der Waals surface area (Å²) in [5.74, 6) is 0.107. The van der Waals surface area contributed by atoms with Crippen LogP contribution in [0.1, 0.15) is 21.5 Å². The Morgan fingerprint density at radius 2 is 2.00 bits per heavy atom. The van der Waals surface area contributed by atoms with Crippen molar-refractivity contribution in [2.24, 2.45) is 0 Å². The van der Waals surface area contributed by atoms with E-state index in [0.29, 0.717) is 23.4 Å². The van der Waals surface area contributed by atoms with E-state index in [1.807, 2.05) is 24.3 Å². The molecule has 2 aromatic rings. The van der Waals surface area contributed by atoms with E-state index in [2.05, 4.69) is 0 Å². The van der Waals surface area contributed by atoms with Gasteiger partial charge in [0.05, 0.1) is 0 Å². The molecule has 0 radical (unpaired) electrons. The second kappa shape index (κ2) is 5.65. The molecule has 0 aromatic heterocycles. The first-order valence-corrected chi connectivity index (χ1v) is 6.37. The zero-order chi connectivity index (χ0) is 14.7. The summed E-state index contributed by atoms with van der Waals surface area (Å²) in [5, 5.41) is 9.49. The summed E-state index contributed by atoms with van der Waals surface area (Å²) in [5.41, 5.74) is 8.64. The van der Waals surface area contributed by atoms with Crippen molar-refractivity contribution in [2.75, 3.05) is 12.8 Å². The SMILES string of the molecule is Cc1cc(C(=O)N(C)Cc2cccc(N)c2)ccc1O. The first kappa shape index (κ1) is 13.9. The lowest BCUT2D eigenvalue weighted by molar-refractivity contribution is 0.0785. The Balaban J connectivity index is 2.14. The van der Waals surface area contributed by atoms with Gasteiger partial charge >= 0.3 is 0 Å². The number of aryl methyl sites for hydroxylation is 1. The fraction of sp³-hybridized carbons (Fsp3) is 0.188. The maximum Gasteiger partial charge on any atom is 0.253 e. The summed E-state index contributed by atoms with van der Waals surface area (Å²) in [7, 11) is 1.74. The fourth-order valence-corrected chi connectivity index (χ4v) is 2.05. The van der Waals surface area contributed by atoms with Gasteiger partial charge in [-0.3, -0.25) is 4.79 Å². The van der Waals surface area contributed by atoms with Crippen LogP contribution in [-0.2, 0) is 6.54 Å². The number of rotatable bonds is 3. The molecule has 0 unspecified atom stereocenters. The van der Waals surface area contributed by atoms with Crippen LogP contribution < -0.4 is 5.73 Å². The van der Waals surface area contributed by atoms with Crippen molar-refractivity contribution in [3.8, 4) is 5.75 Å². The highest BCUT2D eigenvalue weighted by Gasteiger charge is 2.13. The smallest absolute Gasteiger partial charge is 0.253 e. The number of phenols is 1. The molecule has 4 nitrogen and oxygen atoms in total. The first-order valence-electron chi connectivity index (χ1n) is 6.37. The third-order valence-corrected chi connectivity index (χ3v) is 3.16. The minimum Gasteiger partial charge on any atom is -0.508 e. The van der Waals surface area contributed by atoms with Crippen molar-refractivity contribution in [3.63, 3.8) is 0 Å². The topological polar surface area (TPSA) is 66.6 Å². The maximum absolute atomic E-state index is 12.3. The van der Waals surface area contributed by atoms with Crippen LogP contribution in [0, 0.1) is 6.92 Å². The van der Waals surface area contributed by atoms with E-state index in [-0.39, 0.29) is 11.7 Å². The molecular weight excluding hydrogens is 252 g/mol. The number of nitrogen functional groups attached to an aromatic ring is 1. The summed E-state index contributed by atoms with van der Waals surface area (Å²) in [6, 6.07) is 12.3. The second-order valence-corrected chi connectivity index (χ2v) is 4.91. The third-order valence-electron chi connectivity index (χ3n) is 3.16. The number of benzene rings is 2. The number of carbonyl (C=O) groups is 1. The largest absolute Gasteiger partial charge is 0.508 e. The van der Waals surface area contributed by atoms with Gasteiger partial charge in [0.25, 0.3) is 5.91 Å². The monoisotopic (exact) mass is 270 g/mol. The molecule has 2 aromatic carbocycles. The molecule has 0 saturated heterocycles. The molecule has 3 N–H and O–H groups in total. The fourth-order valence-electron chi connectivity index (χ4n) is 2.05. The van der Waals surface area contributed by atoms with Gasteiger partial charge in [0.1, 0.15) is 5.75 Å². The lowest BCUT2D eigenvalue weighted by Crippen LogP contribution is -2.26. The van der Waals surface area contributed by atoms with E-state index in [1.54, 1.807) is 31.0 Å². The van der Waals surface area contributed by atoms with E-state index in [4.69, 9.17) is 5.73 Å². The molecule has 0 fully saturated rings. The normalized spacial score (nSPS) is 10.3. The summed E-state index contributed by atoms with van der Waals surface area (Å²) in [4.78, 5) is 13.9. The number of phenolic OH excluding ortho intramolecular Hbond substituents is 1. The highest BCUT2D eigenvalue weighted by atomic mass is 16.3. The van der Waals surface area contributed by atoms with Gasteiger partial charge in [-0.15, -0.1) is 0 Å². The number of hydrogen-bond acceptors (Lipinski definition) is 3. The van der Waals surface area contributed by atoms with Gasteiger partial charge < -0.3 is 15.7 Å². The molecule has 0 heterocycles. The maximum atomic E-state index is 12.3. The lowest BCUT2D eigenvalue weighted by atomic mass is 10.1.